The van der Waals surface area contributed by atoms with Crippen molar-refractivity contribution in [1.29, 1.82) is 0 Å². The molecule has 0 bridgehead atoms. The first kappa shape index (κ1) is 12.8. The van der Waals surface area contributed by atoms with Crippen LogP contribution in [0.4, 0.5) is 0 Å². The van der Waals surface area contributed by atoms with E-state index < -0.39 is 0 Å². The Morgan fingerprint density at radius 1 is 1.12 bits per heavy atom. The number of carbonyl (C=O) groups excluding carboxylic acids is 1. The van der Waals surface area contributed by atoms with Crippen molar-refractivity contribution in [2.45, 2.75) is 44.6 Å². The highest BCUT2D eigenvalue weighted by molar-refractivity contribution is 5.77. The molecular weight excluding hydrogens is 216 g/mol. The van der Waals surface area contributed by atoms with Gasteiger partial charge in [0, 0.05) is 26.2 Å². The molecule has 0 spiro atoms. The highest BCUT2D eigenvalue weighted by Crippen LogP contribution is 2.19. The van der Waals surface area contributed by atoms with Crippen LogP contribution in [0.1, 0.15) is 38.5 Å². The number of amides is 1. The molecule has 4 nitrogen and oxygen atoms in total. The molecule has 4 heteroatoms. The summed E-state index contributed by atoms with van der Waals surface area (Å²) in [6, 6.07) is 0. The lowest BCUT2D eigenvalue weighted by Crippen LogP contribution is -2.47. The van der Waals surface area contributed by atoms with Gasteiger partial charge < -0.3 is 15.0 Å². The lowest BCUT2D eigenvalue weighted by molar-refractivity contribution is -0.139. The second-order valence-electron chi connectivity index (χ2n) is 5.06. The van der Waals surface area contributed by atoms with E-state index in [0.29, 0.717) is 6.10 Å². The maximum Gasteiger partial charge on any atom is 0.248 e. The molecule has 2 aliphatic rings. The number of nitrogens with one attached hydrogen (secondary N) is 1. The zero-order valence-electron chi connectivity index (χ0n) is 10.6. The van der Waals surface area contributed by atoms with Crippen LogP contribution in [0.5, 0.6) is 0 Å². The summed E-state index contributed by atoms with van der Waals surface area (Å²) in [6.07, 6.45) is 7.75. The van der Waals surface area contributed by atoms with Crippen LogP contribution in [0.25, 0.3) is 0 Å². The third kappa shape index (κ3) is 4.28. The summed E-state index contributed by atoms with van der Waals surface area (Å²) in [4.78, 5) is 13.8. The van der Waals surface area contributed by atoms with Crippen molar-refractivity contribution < 1.29 is 9.53 Å². The van der Waals surface area contributed by atoms with Gasteiger partial charge in [0.2, 0.25) is 5.91 Å². The van der Waals surface area contributed by atoms with Crippen LogP contribution < -0.4 is 5.32 Å². The Bertz CT molecular complexity index is 232. The molecule has 1 aliphatic heterocycles. The van der Waals surface area contributed by atoms with E-state index in [2.05, 4.69) is 5.32 Å². The standard InChI is InChI=1S/C13H24N2O2/c16-13(15-9-7-14-8-10-15)11-17-12-5-3-1-2-4-6-12/h12,14H,1-11H2. The normalized spacial score (nSPS) is 23.4. The minimum absolute atomic E-state index is 0.163. The van der Waals surface area contributed by atoms with E-state index in [0.717, 1.165) is 39.0 Å². The highest BCUT2D eigenvalue weighted by Gasteiger charge is 2.19. The zero-order chi connectivity index (χ0) is 11.9. The summed E-state index contributed by atoms with van der Waals surface area (Å²) in [5.74, 6) is 0.163. The van der Waals surface area contributed by atoms with Gasteiger partial charge in [0.25, 0.3) is 0 Å². The molecular formula is C13H24N2O2. The first-order valence-corrected chi connectivity index (χ1v) is 6.96. The zero-order valence-corrected chi connectivity index (χ0v) is 10.6. The molecule has 0 aromatic heterocycles. The second-order valence-corrected chi connectivity index (χ2v) is 5.06. The average molecular weight is 240 g/mol. The van der Waals surface area contributed by atoms with Crippen LogP contribution in [-0.2, 0) is 9.53 Å². The molecule has 1 aliphatic carbocycles. The van der Waals surface area contributed by atoms with Crippen molar-refractivity contribution in [2.24, 2.45) is 0 Å². The number of ether oxygens (including phenoxy) is 1. The van der Waals surface area contributed by atoms with Crippen LogP contribution in [0.2, 0.25) is 0 Å². The summed E-state index contributed by atoms with van der Waals surface area (Å²) < 4.78 is 5.77. The summed E-state index contributed by atoms with van der Waals surface area (Å²) >= 11 is 0. The molecule has 0 aromatic rings. The van der Waals surface area contributed by atoms with Gasteiger partial charge in [-0.2, -0.15) is 0 Å². The predicted molar refractivity (Wildman–Crippen MR) is 66.9 cm³/mol. The molecule has 1 saturated heterocycles. The minimum Gasteiger partial charge on any atom is -0.368 e. The molecule has 98 valence electrons. The highest BCUT2D eigenvalue weighted by atomic mass is 16.5. The van der Waals surface area contributed by atoms with Gasteiger partial charge in [-0.25, -0.2) is 0 Å². The first-order valence-electron chi connectivity index (χ1n) is 6.96. The van der Waals surface area contributed by atoms with Crippen LogP contribution in [0.3, 0.4) is 0 Å². The van der Waals surface area contributed by atoms with Gasteiger partial charge >= 0.3 is 0 Å². The number of carbonyl (C=O) groups is 1. The first-order chi connectivity index (χ1) is 8.36. The van der Waals surface area contributed by atoms with E-state index in [9.17, 15) is 4.79 Å². The molecule has 0 radical (unpaired) electrons. The fourth-order valence-electron chi connectivity index (χ4n) is 2.60. The molecule has 0 unspecified atom stereocenters. The number of hydrogen-bond acceptors (Lipinski definition) is 3. The summed E-state index contributed by atoms with van der Waals surface area (Å²) in [6.45, 7) is 3.76. The molecule has 0 atom stereocenters. The van der Waals surface area contributed by atoms with E-state index in [-0.39, 0.29) is 12.5 Å². The Kier molecular flexibility index (Phi) is 5.26. The molecule has 1 N–H and O–H groups in total. The average Bonchev–Trinajstić information content (AvgIpc) is 2.65. The van der Waals surface area contributed by atoms with Crippen molar-refractivity contribution in [3.8, 4) is 0 Å². The molecule has 2 rings (SSSR count). The Labute approximate surface area is 104 Å². The van der Waals surface area contributed by atoms with Crippen LogP contribution in [0.15, 0.2) is 0 Å². The number of hydrogen-bond donors (Lipinski definition) is 1. The number of rotatable bonds is 3. The Hall–Kier alpha value is -0.610. The fourth-order valence-corrected chi connectivity index (χ4v) is 2.60. The molecule has 1 heterocycles. The van der Waals surface area contributed by atoms with Gasteiger partial charge in [-0.15, -0.1) is 0 Å². The fraction of sp³-hybridized carbons (Fsp3) is 0.923. The van der Waals surface area contributed by atoms with Crippen molar-refractivity contribution in [2.75, 3.05) is 32.8 Å². The van der Waals surface area contributed by atoms with Crippen molar-refractivity contribution in [3.63, 3.8) is 0 Å². The lowest BCUT2D eigenvalue weighted by Gasteiger charge is -2.28. The SMILES string of the molecule is O=C(COC1CCCCCC1)N1CCNCC1. The summed E-state index contributed by atoms with van der Waals surface area (Å²) in [5.41, 5.74) is 0. The molecule has 1 saturated carbocycles. The molecule has 1 amide bonds. The van der Waals surface area contributed by atoms with E-state index >= 15 is 0 Å². The van der Waals surface area contributed by atoms with Crippen molar-refractivity contribution >= 4 is 5.91 Å². The van der Waals surface area contributed by atoms with Crippen molar-refractivity contribution in [1.82, 2.24) is 10.2 Å². The lowest BCUT2D eigenvalue weighted by atomic mass is 10.1. The quantitative estimate of drug-likeness (QED) is 0.753. The summed E-state index contributed by atoms with van der Waals surface area (Å²) in [7, 11) is 0. The number of piperazine rings is 1. The maximum atomic E-state index is 11.9. The van der Waals surface area contributed by atoms with Crippen LogP contribution in [-0.4, -0.2) is 49.7 Å². The van der Waals surface area contributed by atoms with Gasteiger partial charge in [0.05, 0.1) is 6.10 Å². The Morgan fingerprint density at radius 3 is 2.41 bits per heavy atom. The van der Waals surface area contributed by atoms with E-state index in [1.54, 1.807) is 0 Å². The second kappa shape index (κ2) is 6.97. The summed E-state index contributed by atoms with van der Waals surface area (Å²) in [5, 5.41) is 3.25. The third-order valence-electron chi connectivity index (χ3n) is 3.71. The predicted octanol–water partition coefficient (Wildman–Crippen LogP) is 1.16. The minimum atomic E-state index is 0.163. The Balaban J connectivity index is 1.67. The van der Waals surface area contributed by atoms with Crippen LogP contribution >= 0.6 is 0 Å². The van der Waals surface area contributed by atoms with E-state index in [1.165, 1.54) is 25.7 Å². The van der Waals surface area contributed by atoms with Gasteiger partial charge in [-0.1, -0.05) is 25.7 Å². The van der Waals surface area contributed by atoms with Gasteiger partial charge in [-0.05, 0) is 12.8 Å². The molecule has 17 heavy (non-hydrogen) atoms. The van der Waals surface area contributed by atoms with Gasteiger partial charge in [0.15, 0.2) is 0 Å². The maximum absolute atomic E-state index is 11.9. The van der Waals surface area contributed by atoms with Gasteiger partial charge in [0.1, 0.15) is 6.61 Å². The Morgan fingerprint density at radius 2 is 1.76 bits per heavy atom. The monoisotopic (exact) mass is 240 g/mol. The topological polar surface area (TPSA) is 41.6 Å². The van der Waals surface area contributed by atoms with E-state index in [4.69, 9.17) is 4.74 Å². The number of nitrogens with zero attached hydrogens (tertiary/aromatic N) is 1. The molecule has 2 fully saturated rings. The third-order valence-corrected chi connectivity index (χ3v) is 3.71. The van der Waals surface area contributed by atoms with Gasteiger partial charge in [-0.3, -0.25) is 4.79 Å². The van der Waals surface area contributed by atoms with Crippen molar-refractivity contribution in [3.05, 3.63) is 0 Å². The molecule has 0 aromatic carbocycles. The largest absolute Gasteiger partial charge is 0.368 e. The van der Waals surface area contributed by atoms with Crippen LogP contribution in [0, 0.1) is 0 Å². The smallest absolute Gasteiger partial charge is 0.248 e. The van der Waals surface area contributed by atoms with E-state index in [1.807, 2.05) is 4.90 Å².